The second-order valence-corrected chi connectivity index (χ2v) is 8.98. The lowest BCUT2D eigenvalue weighted by atomic mass is 9.99. The first-order valence-electron chi connectivity index (χ1n) is 9.63. The summed E-state index contributed by atoms with van der Waals surface area (Å²) in [5.41, 5.74) is 5.88. The van der Waals surface area contributed by atoms with Gasteiger partial charge in [0.15, 0.2) is 0 Å². The molecule has 1 aromatic carbocycles. The van der Waals surface area contributed by atoms with E-state index < -0.39 is 16.1 Å². The van der Waals surface area contributed by atoms with E-state index in [0.29, 0.717) is 6.54 Å². The standard InChI is InChI=1S/C19H29N3O3S/c1-3-22(4-2)11-12-26(24,25)21-19(23)20-18-16-9-5-7-14(16)13-15-8-6-10-17(15)18/h13H,3-12H2,1-2H3,(H2,20,21,23). The van der Waals surface area contributed by atoms with Crippen molar-refractivity contribution in [3.05, 3.63) is 28.3 Å². The van der Waals surface area contributed by atoms with E-state index >= 15 is 0 Å². The first-order chi connectivity index (χ1) is 12.4. The van der Waals surface area contributed by atoms with Gasteiger partial charge < -0.3 is 10.2 Å². The number of anilines is 1. The highest BCUT2D eigenvalue weighted by Gasteiger charge is 2.26. The van der Waals surface area contributed by atoms with Crippen LogP contribution in [0.2, 0.25) is 0 Å². The fourth-order valence-electron chi connectivity index (χ4n) is 4.09. The second-order valence-electron chi connectivity index (χ2n) is 7.14. The Kier molecular flexibility index (Phi) is 5.87. The van der Waals surface area contributed by atoms with Crippen molar-refractivity contribution in [1.82, 2.24) is 9.62 Å². The maximum Gasteiger partial charge on any atom is 0.332 e. The summed E-state index contributed by atoms with van der Waals surface area (Å²) in [6, 6.07) is 1.65. The second kappa shape index (κ2) is 7.96. The van der Waals surface area contributed by atoms with Gasteiger partial charge in [-0.15, -0.1) is 0 Å². The van der Waals surface area contributed by atoms with Crippen LogP contribution in [-0.2, 0) is 35.7 Å². The molecule has 1 aromatic rings. The lowest BCUT2D eigenvalue weighted by molar-refractivity contribution is 0.256. The zero-order valence-electron chi connectivity index (χ0n) is 15.7. The molecule has 0 aromatic heterocycles. The van der Waals surface area contributed by atoms with E-state index in [1.807, 2.05) is 18.7 Å². The number of rotatable bonds is 7. The number of benzene rings is 1. The number of fused-ring (bicyclic) bond motifs is 2. The minimum atomic E-state index is -3.65. The molecule has 0 fully saturated rings. The summed E-state index contributed by atoms with van der Waals surface area (Å²) < 4.78 is 26.7. The van der Waals surface area contributed by atoms with Crippen LogP contribution in [0.3, 0.4) is 0 Å². The molecule has 2 N–H and O–H groups in total. The maximum absolute atomic E-state index is 12.4. The van der Waals surface area contributed by atoms with Crippen LogP contribution in [0.15, 0.2) is 6.07 Å². The number of nitrogens with zero attached hydrogens (tertiary/aromatic N) is 1. The minimum absolute atomic E-state index is 0.0763. The fourth-order valence-corrected chi connectivity index (χ4v) is 5.02. The molecule has 7 heteroatoms. The number of carbonyl (C=O) groups excluding carboxylic acids is 1. The molecule has 26 heavy (non-hydrogen) atoms. The Morgan fingerprint density at radius 2 is 1.62 bits per heavy atom. The summed E-state index contributed by atoms with van der Waals surface area (Å²) in [7, 11) is -3.65. The molecule has 2 aliphatic rings. The van der Waals surface area contributed by atoms with Gasteiger partial charge in [-0.05, 0) is 73.9 Å². The number of aryl methyl sites for hydroxylation is 2. The van der Waals surface area contributed by atoms with Crippen LogP contribution < -0.4 is 10.0 Å². The highest BCUT2D eigenvalue weighted by molar-refractivity contribution is 7.90. The van der Waals surface area contributed by atoms with Crippen molar-refractivity contribution in [3.63, 3.8) is 0 Å². The summed E-state index contributed by atoms with van der Waals surface area (Å²) in [4.78, 5) is 14.4. The third-order valence-corrected chi connectivity index (χ3v) is 6.75. The number of nitrogens with one attached hydrogen (secondary N) is 2. The van der Waals surface area contributed by atoms with E-state index in [1.54, 1.807) is 0 Å². The number of hydrogen-bond donors (Lipinski definition) is 2. The molecular formula is C19H29N3O3S. The van der Waals surface area contributed by atoms with E-state index in [1.165, 1.54) is 22.3 Å². The van der Waals surface area contributed by atoms with E-state index in [4.69, 9.17) is 0 Å². The predicted molar refractivity (Wildman–Crippen MR) is 104 cm³/mol. The van der Waals surface area contributed by atoms with Crippen molar-refractivity contribution in [2.75, 3.05) is 30.7 Å². The Morgan fingerprint density at radius 1 is 1.04 bits per heavy atom. The summed E-state index contributed by atoms with van der Waals surface area (Å²) in [5.74, 6) is -0.0763. The number of amides is 2. The Hall–Kier alpha value is -1.60. The summed E-state index contributed by atoms with van der Waals surface area (Å²) in [5, 5.41) is 2.87. The van der Waals surface area contributed by atoms with Crippen LogP contribution in [0, 0.1) is 0 Å². The summed E-state index contributed by atoms with van der Waals surface area (Å²) in [6.45, 7) is 5.99. The van der Waals surface area contributed by atoms with E-state index in [9.17, 15) is 13.2 Å². The van der Waals surface area contributed by atoms with Gasteiger partial charge in [-0.3, -0.25) is 0 Å². The molecule has 0 saturated heterocycles. The van der Waals surface area contributed by atoms with E-state index in [0.717, 1.165) is 57.3 Å². The monoisotopic (exact) mass is 379 g/mol. The quantitative estimate of drug-likeness (QED) is 0.763. The highest BCUT2D eigenvalue weighted by atomic mass is 32.2. The summed E-state index contributed by atoms with van der Waals surface area (Å²) >= 11 is 0. The zero-order valence-corrected chi connectivity index (χ0v) is 16.5. The molecule has 0 bridgehead atoms. The molecule has 0 spiro atoms. The van der Waals surface area contributed by atoms with Gasteiger partial charge in [-0.1, -0.05) is 19.9 Å². The lowest BCUT2D eigenvalue weighted by Gasteiger charge is -2.19. The van der Waals surface area contributed by atoms with Gasteiger partial charge in [0.2, 0.25) is 10.0 Å². The Morgan fingerprint density at radius 3 is 2.15 bits per heavy atom. The number of carbonyl (C=O) groups is 1. The van der Waals surface area contributed by atoms with Crippen molar-refractivity contribution in [1.29, 1.82) is 0 Å². The molecule has 2 aliphatic carbocycles. The van der Waals surface area contributed by atoms with Gasteiger partial charge in [0.1, 0.15) is 0 Å². The minimum Gasteiger partial charge on any atom is -0.307 e. The number of hydrogen-bond acceptors (Lipinski definition) is 4. The van der Waals surface area contributed by atoms with Gasteiger partial charge in [0.25, 0.3) is 0 Å². The molecule has 0 atom stereocenters. The maximum atomic E-state index is 12.4. The van der Waals surface area contributed by atoms with Gasteiger partial charge in [0, 0.05) is 12.2 Å². The molecule has 6 nitrogen and oxygen atoms in total. The third kappa shape index (κ3) is 4.20. The molecule has 0 saturated carbocycles. The van der Waals surface area contributed by atoms with Crippen LogP contribution in [0.4, 0.5) is 10.5 Å². The van der Waals surface area contributed by atoms with Crippen LogP contribution in [-0.4, -0.2) is 44.7 Å². The van der Waals surface area contributed by atoms with Crippen molar-refractivity contribution < 1.29 is 13.2 Å². The van der Waals surface area contributed by atoms with Crippen LogP contribution in [0.25, 0.3) is 0 Å². The predicted octanol–water partition coefficient (Wildman–Crippen LogP) is 2.46. The lowest BCUT2D eigenvalue weighted by Crippen LogP contribution is -2.39. The normalized spacial score (nSPS) is 15.8. The molecule has 0 radical (unpaired) electrons. The SMILES string of the molecule is CCN(CC)CCS(=O)(=O)NC(=O)Nc1c2c(cc3c1CCC3)CCC2. The molecule has 144 valence electrons. The van der Waals surface area contributed by atoms with Crippen LogP contribution in [0.1, 0.15) is 48.9 Å². The van der Waals surface area contributed by atoms with E-state index in [-0.39, 0.29) is 5.75 Å². The Labute approximate surface area is 156 Å². The van der Waals surface area contributed by atoms with Gasteiger partial charge in [-0.25, -0.2) is 17.9 Å². The largest absolute Gasteiger partial charge is 0.332 e. The first kappa shape index (κ1) is 19.2. The topological polar surface area (TPSA) is 78.5 Å². The number of urea groups is 1. The van der Waals surface area contributed by atoms with Crippen LogP contribution in [0.5, 0.6) is 0 Å². The van der Waals surface area contributed by atoms with Gasteiger partial charge in [-0.2, -0.15) is 0 Å². The molecule has 3 rings (SSSR count). The first-order valence-corrected chi connectivity index (χ1v) is 11.3. The van der Waals surface area contributed by atoms with Crippen molar-refractivity contribution in [3.8, 4) is 0 Å². The highest BCUT2D eigenvalue weighted by Crippen LogP contribution is 2.38. The summed E-state index contributed by atoms with van der Waals surface area (Å²) in [6.07, 6.45) is 6.18. The molecule has 2 amide bonds. The van der Waals surface area contributed by atoms with Crippen molar-refractivity contribution in [2.45, 2.75) is 52.4 Å². The smallest absolute Gasteiger partial charge is 0.307 e. The molecular weight excluding hydrogens is 350 g/mol. The van der Waals surface area contributed by atoms with Gasteiger partial charge >= 0.3 is 6.03 Å². The van der Waals surface area contributed by atoms with Crippen molar-refractivity contribution in [2.24, 2.45) is 0 Å². The van der Waals surface area contributed by atoms with Gasteiger partial charge in [0.05, 0.1) is 5.75 Å². The van der Waals surface area contributed by atoms with E-state index in [2.05, 4.69) is 16.1 Å². The molecule has 0 unspecified atom stereocenters. The molecule has 0 heterocycles. The average Bonchev–Trinajstić information content (AvgIpc) is 3.23. The van der Waals surface area contributed by atoms with Crippen LogP contribution >= 0.6 is 0 Å². The third-order valence-electron chi connectivity index (χ3n) is 5.53. The average molecular weight is 380 g/mol. The Bertz CT molecular complexity index is 753. The van der Waals surface area contributed by atoms with Crippen molar-refractivity contribution >= 4 is 21.7 Å². The number of sulfonamides is 1. The zero-order chi connectivity index (χ0) is 18.7. The molecule has 0 aliphatic heterocycles. The fraction of sp³-hybridized carbons (Fsp3) is 0.632. The Balaban J connectivity index is 1.69.